The van der Waals surface area contributed by atoms with E-state index in [1.807, 2.05) is 0 Å². The van der Waals surface area contributed by atoms with Gasteiger partial charge in [-0.3, -0.25) is 4.79 Å². The molecular formula is C12H15FN2O2. The molecule has 2 N–H and O–H groups in total. The Bertz CT molecular complexity index is 415. The topological polar surface area (TPSA) is 52.6 Å². The zero-order valence-corrected chi connectivity index (χ0v) is 9.45. The average Bonchev–Trinajstić information content (AvgIpc) is 2.56. The molecule has 1 amide bonds. The molecule has 1 aliphatic rings. The maximum atomic E-state index is 13.5. The minimum atomic E-state index is -0.674. The summed E-state index contributed by atoms with van der Waals surface area (Å²) in [6, 6.07) is 3.61. The predicted octanol–water partition coefficient (Wildman–Crippen LogP) is 0.967. The highest BCUT2D eigenvalue weighted by Gasteiger charge is 2.20. The normalized spacial score (nSPS) is 16.6. The number of carbonyl (C=O) groups is 1. The highest BCUT2D eigenvalue weighted by molar-refractivity contribution is 5.94. The first kappa shape index (κ1) is 11.9. The fourth-order valence-electron chi connectivity index (χ4n) is 1.90. The lowest BCUT2D eigenvalue weighted by molar-refractivity contribution is 0.0761. The van der Waals surface area contributed by atoms with Gasteiger partial charge in [-0.05, 0) is 25.1 Å². The van der Waals surface area contributed by atoms with Gasteiger partial charge in [0.15, 0.2) is 0 Å². The molecule has 0 aliphatic carbocycles. The van der Waals surface area contributed by atoms with Crippen molar-refractivity contribution in [3.8, 4) is 5.75 Å². The van der Waals surface area contributed by atoms with Crippen molar-refractivity contribution in [1.29, 1.82) is 0 Å². The number of nitrogens with zero attached hydrogens (tertiary/aromatic N) is 1. The van der Waals surface area contributed by atoms with E-state index >= 15 is 0 Å². The number of amides is 1. The fourth-order valence-corrected chi connectivity index (χ4v) is 1.90. The van der Waals surface area contributed by atoms with Gasteiger partial charge in [-0.25, -0.2) is 4.39 Å². The second-order valence-corrected chi connectivity index (χ2v) is 4.06. The molecule has 5 heteroatoms. The molecule has 0 unspecified atom stereocenters. The number of phenolic OH excluding ortho intramolecular Hbond substituents is 1. The Hall–Kier alpha value is -1.62. The van der Waals surface area contributed by atoms with Crippen LogP contribution in [0.4, 0.5) is 4.39 Å². The largest absolute Gasteiger partial charge is 0.508 e. The van der Waals surface area contributed by atoms with Crippen LogP contribution in [0.5, 0.6) is 5.75 Å². The first-order valence-electron chi connectivity index (χ1n) is 5.67. The van der Waals surface area contributed by atoms with Gasteiger partial charge in [-0.1, -0.05) is 0 Å². The summed E-state index contributed by atoms with van der Waals surface area (Å²) < 4.78 is 13.5. The van der Waals surface area contributed by atoms with Gasteiger partial charge in [0.1, 0.15) is 11.6 Å². The third-order valence-electron chi connectivity index (χ3n) is 2.81. The number of nitrogens with one attached hydrogen (secondary N) is 1. The van der Waals surface area contributed by atoms with Crippen molar-refractivity contribution in [2.45, 2.75) is 6.42 Å². The zero-order valence-electron chi connectivity index (χ0n) is 9.45. The van der Waals surface area contributed by atoms with Crippen LogP contribution in [0, 0.1) is 5.82 Å². The van der Waals surface area contributed by atoms with Crippen molar-refractivity contribution < 1.29 is 14.3 Å². The maximum Gasteiger partial charge on any atom is 0.256 e. The van der Waals surface area contributed by atoms with Gasteiger partial charge in [-0.15, -0.1) is 0 Å². The first-order valence-corrected chi connectivity index (χ1v) is 5.67. The van der Waals surface area contributed by atoms with E-state index in [1.54, 1.807) is 4.90 Å². The molecule has 4 nitrogen and oxygen atoms in total. The Kier molecular flexibility index (Phi) is 3.58. The number of halogens is 1. The molecule has 1 heterocycles. The van der Waals surface area contributed by atoms with Gasteiger partial charge in [-0.2, -0.15) is 0 Å². The molecule has 1 aliphatic heterocycles. The van der Waals surface area contributed by atoms with Crippen molar-refractivity contribution >= 4 is 5.91 Å². The number of rotatable bonds is 1. The SMILES string of the molecule is O=C(c1ccc(O)cc1F)N1CCCNCC1. The van der Waals surface area contributed by atoms with Crippen molar-refractivity contribution in [2.75, 3.05) is 26.2 Å². The predicted molar refractivity (Wildman–Crippen MR) is 61.5 cm³/mol. The summed E-state index contributed by atoms with van der Waals surface area (Å²) in [5.74, 6) is -1.16. The molecule has 1 saturated heterocycles. The highest BCUT2D eigenvalue weighted by atomic mass is 19.1. The molecule has 0 aromatic heterocycles. The fraction of sp³-hybridized carbons (Fsp3) is 0.417. The van der Waals surface area contributed by atoms with E-state index < -0.39 is 5.82 Å². The molecule has 17 heavy (non-hydrogen) atoms. The monoisotopic (exact) mass is 238 g/mol. The number of phenols is 1. The molecule has 2 rings (SSSR count). The van der Waals surface area contributed by atoms with E-state index in [4.69, 9.17) is 5.11 Å². The van der Waals surface area contributed by atoms with E-state index in [0.717, 1.165) is 25.6 Å². The van der Waals surface area contributed by atoms with Crippen molar-refractivity contribution in [2.24, 2.45) is 0 Å². The Morgan fingerprint density at radius 1 is 1.35 bits per heavy atom. The summed E-state index contributed by atoms with van der Waals surface area (Å²) in [5.41, 5.74) is 0.0182. The van der Waals surface area contributed by atoms with Crippen LogP contribution in [-0.4, -0.2) is 42.1 Å². The van der Waals surface area contributed by atoms with E-state index in [1.165, 1.54) is 12.1 Å². The molecule has 1 aromatic rings. The van der Waals surface area contributed by atoms with Gasteiger partial charge in [0, 0.05) is 25.7 Å². The second kappa shape index (κ2) is 5.14. The van der Waals surface area contributed by atoms with E-state index in [9.17, 15) is 9.18 Å². The molecule has 0 atom stereocenters. The van der Waals surface area contributed by atoms with E-state index in [-0.39, 0.29) is 17.2 Å². The maximum absolute atomic E-state index is 13.5. The van der Waals surface area contributed by atoms with Crippen LogP contribution in [-0.2, 0) is 0 Å². The van der Waals surface area contributed by atoms with Crippen molar-refractivity contribution in [3.05, 3.63) is 29.6 Å². The standard InChI is InChI=1S/C12H15FN2O2/c13-11-8-9(16)2-3-10(11)12(17)15-6-1-4-14-5-7-15/h2-3,8,14,16H,1,4-7H2. The van der Waals surface area contributed by atoms with Gasteiger partial charge < -0.3 is 15.3 Å². The highest BCUT2D eigenvalue weighted by Crippen LogP contribution is 2.17. The lowest BCUT2D eigenvalue weighted by Gasteiger charge is -2.20. The quantitative estimate of drug-likeness (QED) is 0.766. The molecular weight excluding hydrogens is 223 g/mol. The minimum Gasteiger partial charge on any atom is -0.508 e. The zero-order chi connectivity index (χ0) is 12.3. The first-order chi connectivity index (χ1) is 8.18. The number of aromatic hydroxyl groups is 1. The third-order valence-corrected chi connectivity index (χ3v) is 2.81. The third kappa shape index (κ3) is 2.74. The summed E-state index contributed by atoms with van der Waals surface area (Å²) in [5, 5.41) is 12.3. The molecule has 0 radical (unpaired) electrons. The molecule has 1 aromatic carbocycles. The molecule has 0 bridgehead atoms. The number of benzene rings is 1. The van der Waals surface area contributed by atoms with Crippen LogP contribution in [0.25, 0.3) is 0 Å². The van der Waals surface area contributed by atoms with Gasteiger partial charge >= 0.3 is 0 Å². The van der Waals surface area contributed by atoms with Crippen LogP contribution in [0.1, 0.15) is 16.8 Å². The van der Waals surface area contributed by atoms with E-state index in [2.05, 4.69) is 5.32 Å². The van der Waals surface area contributed by atoms with Crippen LogP contribution < -0.4 is 5.32 Å². The molecule has 0 saturated carbocycles. The van der Waals surface area contributed by atoms with Gasteiger partial charge in [0.25, 0.3) is 5.91 Å². The Labute approximate surface area is 99.0 Å². The summed E-state index contributed by atoms with van der Waals surface area (Å²) in [6.07, 6.45) is 0.867. The Morgan fingerprint density at radius 3 is 2.94 bits per heavy atom. The lowest BCUT2D eigenvalue weighted by atomic mass is 10.1. The van der Waals surface area contributed by atoms with Crippen molar-refractivity contribution in [1.82, 2.24) is 10.2 Å². The average molecular weight is 238 g/mol. The summed E-state index contributed by atoms with van der Waals surface area (Å²) in [7, 11) is 0. The Morgan fingerprint density at radius 2 is 2.18 bits per heavy atom. The number of hydrogen-bond acceptors (Lipinski definition) is 3. The van der Waals surface area contributed by atoms with Crippen molar-refractivity contribution in [3.63, 3.8) is 0 Å². The van der Waals surface area contributed by atoms with E-state index in [0.29, 0.717) is 13.1 Å². The van der Waals surface area contributed by atoms with Crippen LogP contribution in [0.2, 0.25) is 0 Å². The smallest absolute Gasteiger partial charge is 0.256 e. The number of carbonyl (C=O) groups excluding carboxylic acids is 1. The Balaban J connectivity index is 2.17. The van der Waals surface area contributed by atoms with Crippen LogP contribution >= 0.6 is 0 Å². The van der Waals surface area contributed by atoms with Crippen LogP contribution in [0.3, 0.4) is 0 Å². The molecule has 92 valence electrons. The lowest BCUT2D eigenvalue weighted by Crippen LogP contribution is -2.34. The van der Waals surface area contributed by atoms with Crippen LogP contribution in [0.15, 0.2) is 18.2 Å². The van der Waals surface area contributed by atoms with Gasteiger partial charge in [0.05, 0.1) is 5.56 Å². The minimum absolute atomic E-state index is 0.0182. The molecule has 0 spiro atoms. The summed E-state index contributed by atoms with van der Waals surface area (Å²) >= 11 is 0. The second-order valence-electron chi connectivity index (χ2n) is 4.06. The number of hydrogen-bond donors (Lipinski definition) is 2. The summed E-state index contributed by atoms with van der Waals surface area (Å²) in [6.45, 7) is 2.82. The summed E-state index contributed by atoms with van der Waals surface area (Å²) in [4.78, 5) is 13.7. The van der Waals surface area contributed by atoms with Gasteiger partial charge in [0.2, 0.25) is 0 Å². The molecule has 1 fully saturated rings.